The van der Waals surface area contributed by atoms with Crippen molar-refractivity contribution in [3.05, 3.63) is 42.1 Å². The first-order chi connectivity index (χ1) is 12.1. The fourth-order valence-electron chi connectivity index (χ4n) is 2.05. The fourth-order valence-corrected chi connectivity index (χ4v) is 2.78. The molecule has 7 heteroatoms. The molecule has 1 aromatic carbocycles. The Hall–Kier alpha value is -2.41. The van der Waals surface area contributed by atoms with E-state index in [1.54, 1.807) is 0 Å². The molecule has 0 saturated carbocycles. The molecule has 0 spiro atoms. The van der Waals surface area contributed by atoms with Gasteiger partial charge in [-0.2, -0.15) is 0 Å². The number of amides is 2. The monoisotopic (exact) mass is 358 g/mol. The van der Waals surface area contributed by atoms with Gasteiger partial charge < -0.3 is 10.6 Å². The number of carbonyl (C=O) groups excluding carboxylic acids is 2. The van der Waals surface area contributed by atoms with E-state index < -0.39 is 0 Å². The summed E-state index contributed by atoms with van der Waals surface area (Å²) in [7, 11) is 0. The van der Waals surface area contributed by atoms with Gasteiger partial charge in [0.25, 0.3) is 0 Å². The van der Waals surface area contributed by atoms with Gasteiger partial charge in [0.2, 0.25) is 11.8 Å². The van der Waals surface area contributed by atoms with Crippen molar-refractivity contribution >= 4 is 23.6 Å². The minimum atomic E-state index is -0.219. The van der Waals surface area contributed by atoms with Crippen LogP contribution in [0.5, 0.6) is 0 Å². The molecule has 0 aliphatic rings. The molecule has 6 nitrogen and oxygen atoms in total. The Morgan fingerprint density at radius 3 is 2.56 bits per heavy atom. The van der Waals surface area contributed by atoms with Gasteiger partial charge in [-0.05, 0) is 19.4 Å². The molecule has 2 aromatic rings. The highest BCUT2D eigenvalue weighted by molar-refractivity contribution is 7.99. The number of rotatable bonds is 8. The summed E-state index contributed by atoms with van der Waals surface area (Å²) >= 11 is 1.26. The summed E-state index contributed by atoms with van der Waals surface area (Å²) in [6, 6.07) is 11.7. The lowest BCUT2D eigenvalue weighted by molar-refractivity contribution is -0.124. The van der Waals surface area contributed by atoms with E-state index in [2.05, 4.69) is 20.6 Å². The number of nitrogens with zero attached hydrogens (tertiary/aromatic N) is 2. The van der Waals surface area contributed by atoms with Crippen LogP contribution in [0, 0.1) is 6.92 Å². The third kappa shape index (κ3) is 6.54. The molecule has 2 amide bonds. The SMILES string of the molecule is CCCNC(=O)CNC(=O)CSc1nc(C)cc(-c2ccccc2)n1. The van der Waals surface area contributed by atoms with Crippen molar-refractivity contribution in [1.29, 1.82) is 0 Å². The Morgan fingerprint density at radius 2 is 1.84 bits per heavy atom. The number of aromatic nitrogens is 2. The lowest BCUT2D eigenvalue weighted by Crippen LogP contribution is -2.37. The van der Waals surface area contributed by atoms with Gasteiger partial charge in [0.1, 0.15) is 0 Å². The molecule has 2 N–H and O–H groups in total. The molecule has 0 fully saturated rings. The molecule has 1 aromatic heterocycles. The third-order valence-corrected chi connectivity index (χ3v) is 4.10. The summed E-state index contributed by atoms with van der Waals surface area (Å²) < 4.78 is 0. The Balaban J connectivity index is 1.89. The number of hydrogen-bond acceptors (Lipinski definition) is 5. The minimum absolute atomic E-state index is 0.0106. The van der Waals surface area contributed by atoms with E-state index in [0.29, 0.717) is 11.7 Å². The van der Waals surface area contributed by atoms with Crippen LogP contribution < -0.4 is 10.6 Å². The standard InChI is InChI=1S/C18H22N4O2S/c1-3-9-19-16(23)11-20-17(24)12-25-18-21-13(2)10-15(22-18)14-7-5-4-6-8-14/h4-8,10H,3,9,11-12H2,1-2H3,(H,19,23)(H,20,24). The maximum atomic E-state index is 11.9. The summed E-state index contributed by atoms with van der Waals surface area (Å²) in [5.41, 5.74) is 2.68. The van der Waals surface area contributed by atoms with Gasteiger partial charge >= 0.3 is 0 Å². The third-order valence-electron chi connectivity index (χ3n) is 3.25. The number of carbonyl (C=O) groups is 2. The van der Waals surface area contributed by atoms with Crippen LogP contribution in [0.25, 0.3) is 11.3 Å². The van der Waals surface area contributed by atoms with Crippen LogP contribution in [-0.4, -0.2) is 40.6 Å². The van der Waals surface area contributed by atoms with Crippen LogP contribution in [0.2, 0.25) is 0 Å². The van der Waals surface area contributed by atoms with Crippen LogP contribution in [-0.2, 0) is 9.59 Å². The molecule has 25 heavy (non-hydrogen) atoms. The van der Waals surface area contributed by atoms with Gasteiger partial charge in [-0.25, -0.2) is 9.97 Å². The van der Waals surface area contributed by atoms with E-state index in [1.807, 2.05) is 50.2 Å². The Bertz CT molecular complexity index is 722. The quantitative estimate of drug-likeness (QED) is 0.558. The van der Waals surface area contributed by atoms with E-state index in [1.165, 1.54) is 11.8 Å². The van der Waals surface area contributed by atoms with Gasteiger partial charge in [-0.1, -0.05) is 49.0 Å². The molecule has 2 rings (SSSR count). The number of hydrogen-bond donors (Lipinski definition) is 2. The first-order valence-corrected chi connectivity index (χ1v) is 9.14. The highest BCUT2D eigenvalue weighted by Gasteiger charge is 2.09. The minimum Gasteiger partial charge on any atom is -0.355 e. The first-order valence-electron chi connectivity index (χ1n) is 8.15. The van der Waals surface area contributed by atoms with Crippen LogP contribution in [0.1, 0.15) is 19.0 Å². The predicted octanol–water partition coefficient (Wildman–Crippen LogP) is 2.19. The van der Waals surface area contributed by atoms with Crippen molar-refractivity contribution in [3.63, 3.8) is 0 Å². The summed E-state index contributed by atoms with van der Waals surface area (Å²) in [4.78, 5) is 32.2. The van der Waals surface area contributed by atoms with Gasteiger partial charge in [0.05, 0.1) is 18.0 Å². The van der Waals surface area contributed by atoms with E-state index in [-0.39, 0.29) is 24.1 Å². The second-order valence-corrected chi connectivity index (χ2v) is 6.40. The Labute approximate surface area is 151 Å². The van der Waals surface area contributed by atoms with Crippen molar-refractivity contribution in [2.24, 2.45) is 0 Å². The predicted molar refractivity (Wildman–Crippen MR) is 99.2 cm³/mol. The molecule has 0 unspecified atom stereocenters. The van der Waals surface area contributed by atoms with Crippen molar-refractivity contribution < 1.29 is 9.59 Å². The zero-order chi connectivity index (χ0) is 18.1. The average molecular weight is 358 g/mol. The molecule has 0 aliphatic carbocycles. The molecular weight excluding hydrogens is 336 g/mol. The van der Waals surface area contributed by atoms with Gasteiger partial charge in [0, 0.05) is 17.8 Å². The van der Waals surface area contributed by atoms with Crippen molar-refractivity contribution in [2.45, 2.75) is 25.4 Å². The van der Waals surface area contributed by atoms with Crippen LogP contribution in [0.15, 0.2) is 41.6 Å². The van der Waals surface area contributed by atoms with Gasteiger partial charge in [0.15, 0.2) is 5.16 Å². The number of benzene rings is 1. The molecule has 0 bridgehead atoms. The Kier molecular flexibility index (Phi) is 7.40. The summed E-state index contributed by atoms with van der Waals surface area (Å²) in [5, 5.41) is 5.85. The van der Waals surface area contributed by atoms with Gasteiger partial charge in [-0.15, -0.1) is 0 Å². The maximum absolute atomic E-state index is 11.9. The van der Waals surface area contributed by atoms with Gasteiger partial charge in [-0.3, -0.25) is 9.59 Å². The lowest BCUT2D eigenvalue weighted by Gasteiger charge is -2.07. The zero-order valence-corrected chi connectivity index (χ0v) is 15.2. The largest absolute Gasteiger partial charge is 0.355 e. The average Bonchev–Trinajstić information content (AvgIpc) is 2.63. The van der Waals surface area contributed by atoms with Crippen molar-refractivity contribution in [1.82, 2.24) is 20.6 Å². The van der Waals surface area contributed by atoms with Crippen molar-refractivity contribution in [3.8, 4) is 11.3 Å². The molecule has 132 valence electrons. The zero-order valence-electron chi connectivity index (χ0n) is 14.4. The number of thioether (sulfide) groups is 1. The molecular formula is C18H22N4O2S. The van der Waals surface area contributed by atoms with E-state index in [4.69, 9.17) is 0 Å². The summed E-state index contributed by atoms with van der Waals surface area (Å²) in [5.74, 6) is -0.236. The normalized spacial score (nSPS) is 10.3. The molecule has 1 heterocycles. The van der Waals surface area contributed by atoms with E-state index >= 15 is 0 Å². The van der Waals surface area contributed by atoms with E-state index in [0.717, 1.165) is 23.4 Å². The lowest BCUT2D eigenvalue weighted by atomic mass is 10.1. The summed E-state index contributed by atoms with van der Waals surface area (Å²) in [6.45, 7) is 4.48. The number of aryl methyl sites for hydroxylation is 1. The fraction of sp³-hybridized carbons (Fsp3) is 0.333. The Morgan fingerprint density at radius 1 is 1.08 bits per heavy atom. The topological polar surface area (TPSA) is 84.0 Å². The number of nitrogens with one attached hydrogen (secondary N) is 2. The molecule has 0 aliphatic heterocycles. The highest BCUT2D eigenvalue weighted by Crippen LogP contribution is 2.21. The summed E-state index contributed by atoms with van der Waals surface area (Å²) in [6.07, 6.45) is 0.865. The molecule has 0 radical (unpaired) electrons. The second-order valence-electron chi connectivity index (χ2n) is 5.46. The first kappa shape index (κ1) is 18.9. The smallest absolute Gasteiger partial charge is 0.239 e. The van der Waals surface area contributed by atoms with Crippen LogP contribution >= 0.6 is 11.8 Å². The maximum Gasteiger partial charge on any atom is 0.239 e. The van der Waals surface area contributed by atoms with Crippen LogP contribution in [0.3, 0.4) is 0 Å². The highest BCUT2D eigenvalue weighted by atomic mass is 32.2. The second kappa shape index (κ2) is 9.78. The molecule has 0 saturated heterocycles. The van der Waals surface area contributed by atoms with Crippen molar-refractivity contribution in [2.75, 3.05) is 18.8 Å². The van der Waals surface area contributed by atoms with Crippen LogP contribution in [0.4, 0.5) is 0 Å². The van der Waals surface area contributed by atoms with E-state index in [9.17, 15) is 9.59 Å². The molecule has 0 atom stereocenters.